The fourth-order valence-corrected chi connectivity index (χ4v) is 1.74. The zero-order chi connectivity index (χ0) is 21.6. The molecule has 1 aliphatic rings. The molecule has 1 fully saturated rings. The van der Waals surface area contributed by atoms with Crippen molar-refractivity contribution >= 4 is 15.6 Å². The van der Waals surface area contributed by atoms with E-state index in [1.165, 1.54) is 0 Å². The first kappa shape index (κ1) is 25.7. The average molecular weight is 442 g/mol. The van der Waals surface area contributed by atoms with Gasteiger partial charge in [-0.1, -0.05) is 0 Å². The molecule has 9 N–H and O–H groups in total. The predicted molar refractivity (Wildman–Crippen MR) is 81.5 cm³/mol. The van der Waals surface area contributed by atoms with Gasteiger partial charge in [0, 0.05) is 12.3 Å². The number of nitrogens with zero attached hydrogens (tertiary/aromatic N) is 1. The number of hydrogen-bond acceptors (Lipinski definition) is 7. The van der Waals surface area contributed by atoms with Crippen LogP contribution in [0.3, 0.4) is 0 Å². The molecule has 1 saturated heterocycles. The van der Waals surface area contributed by atoms with Gasteiger partial charge in [0.1, 0.15) is 6.10 Å². The summed E-state index contributed by atoms with van der Waals surface area (Å²) in [5.41, 5.74) is -1.64. The van der Waals surface area contributed by atoms with Crippen molar-refractivity contribution in [2.45, 2.75) is 24.6 Å². The topological polar surface area (TPSA) is 260 Å². The average Bonchev–Trinajstić information content (AvgIpc) is 2.70. The number of aromatic amines is 1. The fraction of sp³-hybridized carbons (Fsp3) is 0.556. The van der Waals surface area contributed by atoms with E-state index >= 15 is 0 Å². The number of rotatable bonds is 2. The van der Waals surface area contributed by atoms with Gasteiger partial charge < -0.3 is 44.3 Å². The number of aliphatic hydroxyl groups excluding tert-OH is 2. The van der Waals surface area contributed by atoms with Gasteiger partial charge in [-0.25, -0.2) is 18.5 Å². The van der Waals surface area contributed by atoms with E-state index in [2.05, 4.69) is 0 Å². The van der Waals surface area contributed by atoms with Crippen molar-refractivity contribution in [1.82, 2.24) is 9.55 Å². The summed E-state index contributed by atoms with van der Waals surface area (Å²) in [5.74, 6) is -2.56. The number of ether oxygens (including phenoxy) is 1. The molecule has 0 bridgehead atoms. The Balaban J connectivity index is 0.000000563. The third-order valence-corrected chi connectivity index (χ3v) is 2.59. The van der Waals surface area contributed by atoms with E-state index in [9.17, 15) is 19.1 Å². The second-order valence-corrected chi connectivity index (χ2v) is 6.86. The minimum absolute atomic E-state index is 0.496. The molecule has 0 spiro atoms. The molecular weight excluding hydrogens is 425 g/mol. The second-order valence-electron chi connectivity index (χ2n) is 4.81. The van der Waals surface area contributed by atoms with Crippen molar-refractivity contribution in [3.63, 3.8) is 0 Å². The van der Waals surface area contributed by atoms with Crippen LogP contribution >= 0.6 is 15.6 Å². The Labute approximate surface area is 148 Å². The number of H-pyrrole nitrogens is 1. The highest BCUT2D eigenvalue weighted by molar-refractivity contribution is 7.45. The monoisotopic (exact) mass is 442 g/mol. The van der Waals surface area contributed by atoms with Crippen LogP contribution in [0, 0.1) is 0 Å². The summed E-state index contributed by atoms with van der Waals surface area (Å²) in [6.45, 7) is -0.565. The summed E-state index contributed by atoms with van der Waals surface area (Å²) >= 11 is 0. The van der Waals surface area contributed by atoms with Crippen LogP contribution in [0.15, 0.2) is 21.9 Å². The van der Waals surface area contributed by atoms with Gasteiger partial charge in [0.25, 0.3) is 11.5 Å². The maximum atomic E-state index is 14.3. The molecule has 15 nitrogen and oxygen atoms in total. The molecule has 1 aromatic heterocycles. The molecule has 18 heteroatoms. The molecule has 27 heavy (non-hydrogen) atoms. The van der Waals surface area contributed by atoms with Gasteiger partial charge in [0.2, 0.25) is 0 Å². The number of aliphatic hydroxyl groups is 2. The second kappa shape index (κ2) is 9.77. The largest absolute Gasteiger partial charge is 0.466 e. The summed E-state index contributed by atoms with van der Waals surface area (Å²) in [6, 6.07) is 0.963. The van der Waals surface area contributed by atoms with E-state index in [0.717, 1.165) is 12.3 Å². The highest BCUT2D eigenvalue weighted by atomic mass is 31.2. The van der Waals surface area contributed by atoms with E-state index in [1.54, 1.807) is 0 Å². The molecule has 0 aromatic carbocycles. The van der Waals surface area contributed by atoms with E-state index < -0.39 is 58.1 Å². The highest BCUT2D eigenvalue weighted by Gasteiger charge is 2.48. The zero-order valence-electron chi connectivity index (χ0n) is 13.1. The standard InChI is InChI=1S/C9H11FN2O5.2H3O4P/c10-9(3-5(14)6(4-13)17-9)12-2-1-7(15)11-8(12)16;2*1-5(2,3)4/h1-2,5-6,13-14H,3-4H2,(H,11,15,16);2*(H3,1,2,3,4)/t5-,6+,9-;;/m0../s1. The lowest BCUT2D eigenvalue weighted by molar-refractivity contribution is -0.205. The number of hydrogen-bond donors (Lipinski definition) is 9. The maximum Gasteiger partial charge on any atom is 0.466 e. The summed E-state index contributed by atoms with van der Waals surface area (Å²) in [4.78, 5) is 67.2. The molecule has 1 aromatic rings. The Morgan fingerprint density at radius 1 is 1.19 bits per heavy atom. The van der Waals surface area contributed by atoms with Crippen LogP contribution in [0.5, 0.6) is 0 Å². The Hall–Kier alpha value is -1.29. The molecule has 0 unspecified atom stereocenters. The zero-order valence-corrected chi connectivity index (χ0v) is 14.9. The van der Waals surface area contributed by atoms with Gasteiger partial charge in [-0.3, -0.25) is 9.78 Å². The number of aromatic nitrogens is 2. The molecular formula is C9H17FN2O13P2. The lowest BCUT2D eigenvalue weighted by atomic mass is 10.2. The minimum Gasteiger partial charge on any atom is -0.394 e. The molecule has 0 amide bonds. The number of phosphoric acid groups is 2. The molecule has 0 radical (unpaired) electrons. The van der Waals surface area contributed by atoms with Crippen LogP contribution in [-0.4, -0.2) is 67.9 Å². The van der Waals surface area contributed by atoms with Gasteiger partial charge >= 0.3 is 21.3 Å². The van der Waals surface area contributed by atoms with Crippen molar-refractivity contribution in [2.75, 3.05) is 6.61 Å². The number of nitrogens with one attached hydrogen (secondary N) is 1. The van der Waals surface area contributed by atoms with E-state index in [-0.39, 0.29) is 0 Å². The van der Waals surface area contributed by atoms with E-state index in [1.807, 2.05) is 4.98 Å². The normalized spacial score (nSPS) is 25.1. The van der Waals surface area contributed by atoms with Gasteiger partial charge in [-0.2, -0.15) is 4.39 Å². The Kier molecular flexibility index (Phi) is 9.30. The lowest BCUT2D eigenvalue weighted by Crippen LogP contribution is -2.41. The van der Waals surface area contributed by atoms with Crippen LogP contribution in [-0.2, 0) is 19.8 Å². The van der Waals surface area contributed by atoms with Crippen LogP contribution in [0.2, 0.25) is 0 Å². The predicted octanol–water partition coefficient (Wildman–Crippen LogP) is -3.60. The Bertz CT molecular complexity index is 778. The molecule has 0 saturated carbocycles. The Morgan fingerprint density at radius 3 is 1.96 bits per heavy atom. The molecule has 158 valence electrons. The molecule has 2 rings (SSSR count). The van der Waals surface area contributed by atoms with Crippen molar-refractivity contribution in [1.29, 1.82) is 0 Å². The van der Waals surface area contributed by atoms with Crippen molar-refractivity contribution < 1.29 is 57.8 Å². The number of halogens is 1. The van der Waals surface area contributed by atoms with Gasteiger partial charge in [-0.05, 0) is 0 Å². The van der Waals surface area contributed by atoms with Crippen molar-refractivity contribution in [2.24, 2.45) is 0 Å². The van der Waals surface area contributed by atoms with Gasteiger partial charge in [0.05, 0.1) is 19.1 Å². The lowest BCUT2D eigenvalue weighted by Gasteiger charge is -2.21. The summed E-state index contributed by atoms with van der Waals surface area (Å²) in [6.07, 6.45) is -1.87. The van der Waals surface area contributed by atoms with Crippen molar-refractivity contribution in [3.05, 3.63) is 33.1 Å². The summed E-state index contributed by atoms with van der Waals surface area (Å²) in [7, 11) is -9.28. The smallest absolute Gasteiger partial charge is 0.394 e. The van der Waals surface area contributed by atoms with E-state index in [4.69, 9.17) is 48.3 Å². The molecule has 1 aliphatic heterocycles. The van der Waals surface area contributed by atoms with Crippen LogP contribution in [0.1, 0.15) is 6.42 Å². The first-order valence-corrected chi connectivity index (χ1v) is 9.64. The van der Waals surface area contributed by atoms with Crippen LogP contribution in [0.4, 0.5) is 4.39 Å². The van der Waals surface area contributed by atoms with Crippen LogP contribution in [0.25, 0.3) is 0 Å². The fourth-order valence-electron chi connectivity index (χ4n) is 1.74. The van der Waals surface area contributed by atoms with Gasteiger partial charge in [-0.15, -0.1) is 0 Å². The van der Waals surface area contributed by atoms with Crippen LogP contribution < -0.4 is 11.2 Å². The molecule has 3 atom stereocenters. The SMILES string of the molecule is O=P(O)(O)O.O=P(O)(O)O.O=c1ccn([C@@]2(F)C[C@H](O)[C@@H](CO)O2)c(=O)[nH]1. The first-order chi connectivity index (χ1) is 12.0. The third kappa shape index (κ3) is 11.2. The van der Waals surface area contributed by atoms with E-state index in [0.29, 0.717) is 4.57 Å². The van der Waals surface area contributed by atoms with Crippen molar-refractivity contribution in [3.8, 4) is 0 Å². The quantitative estimate of drug-likeness (QED) is 0.201. The maximum absolute atomic E-state index is 14.3. The summed E-state index contributed by atoms with van der Waals surface area (Å²) in [5, 5.41) is 18.3. The molecule has 2 heterocycles. The minimum atomic E-state index is -4.64. The summed E-state index contributed by atoms with van der Waals surface area (Å²) < 4.78 is 37.4. The Morgan fingerprint density at radius 2 is 1.63 bits per heavy atom. The third-order valence-electron chi connectivity index (χ3n) is 2.59. The molecule has 0 aliphatic carbocycles. The first-order valence-electron chi connectivity index (χ1n) is 6.51. The van der Waals surface area contributed by atoms with Gasteiger partial charge in [0.15, 0.2) is 0 Å². The number of alkyl halides is 1. The highest BCUT2D eigenvalue weighted by Crippen LogP contribution is 2.35.